The molecule has 3 aliphatic rings. The smallest absolute Gasteiger partial charge is 0.407 e. The fourth-order valence-electron chi connectivity index (χ4n) is 7.88. The molecule has 3 atom stereocenters. The fourth-order valence-corrected chi connectivity index (χ4v) is 7.88. The Morgan fingerprint density at radius 1 is 0.815 bits per heavy atom. The minimum absolute atomic E-state index is 0.0732. The van der Waals surface area contributed by atoms with Crippen LogP contribution in [0.25, 0.3) is 33.6 Å². The van der Waals surface area contributed by atoms with Crippen LogP contribution in [0.3, 0.4) is 0 Å². The van der Waals surface area contributed by atoms with Crippen molar-refractivity contribution in [1.82, 2.24) is 40.0 Å². The van der Waals surface area contributed by atoms with E-state index in [4.69, 9.17) is 14.5 Å². The minimum Gasteiger partial charge on any atom is -0.453 e. The van der Waals surface area contributed by atoms with Crippen molar-refractivity contribution in [2.45, 2.75) is 69.7 Å². The molecule has 0 aliphatic carbocycles. The topological polar surface area (TPSA) is 158 Å². The highest BCUT2D eigenvalue weighted by Crippen LogP contribution is 2.36. The number of aromatic amines is 2. The van der Waals surface area contributed by atoms with Crippen molar-refractivity contribution in [2.75, 3.05) is 26.8 Å². The number of benzene rings is 2. The summed E-state index contributed by atoms with van der Waals surface area (Å²) in [6.07, 6.45) is 8.29. The van der Waals surface area contributed by atoms with E-state index in [0.717, 1.165) is 89.5 Å². The molecule has 0 saturated carbocycles. The number of hydrogen-bond acceptors (Lipinski definition) is 8. The van der Waals surface area contributed by atoms with Gasteiger partial charge in [-0.1, -0.05) is 54.6 Å². The van der Waals surface area contributed by atoms with Crippen LogP contribution in [0, 0.1) is 0 Å². The molecule has 2 aromatic carbocycles. The molecule has 3 aromatic heterocycles. The molecule has 6 heterocycles. The number of carbonyl (C=O) groups excluding carboxylic acids is 3. The number of likely N-dealkylation sites (tertiary alicyclic amines) is 1. The van der Waals surface area contributed by atoms with Gasteiger partial charge in [-0.25, -0.2) is 14.8 Å². The second kappa shape index (κ2) is 15.7. The van der Waals surface area contributed by atoms with E-state index in [1.54, 1.807) is 12.3 Å². The van der Waals surface area contributed by atoms with Gasteiger partial charge in [-0.2, -0.15) is 0 Å². The van der Waals surface area contributed by atoms with E-state index in [2.05, 4.69) is 73.8 Å². The monoisotopic (exact) mass is 728 g/mol. The molecule has 2 saturated heterocycles. The zero-order chi connectivity index (χ0) is 37.0. The van der Waals surface area contributed by atoms with Gasteiger partial charge in [0.25, 0.3) is 5.91 Å². The van der Waals surface area contributed by atoms with Crippen LogP contribution in [0.2, 0.25) is 0 Å². The lowest BCUT2D eigenvalue weighted by Crippen LogP contribution is -2.48. The molecule has 0 spiro atoms. The zero-order valence-electron chi connectivity index (χ0n) is 30.3. The van der Waals surface area contributed by atoms with Crippen LogP contribution in [0.5, 0.6) is 0 Å². The third-order valence-corrected chi connectivity index (χ3v) is 10.7. The number of methoxy groups -OCH3 is 1. The van der Waals surface area contributed by atoms with Gasteiger partial charge in [-0.3, -0.25) is 14.6 Å². The van der Waals surface area contributed by atoms with E-state index in [1.807, 2.05) is 28.1 Å². The number of fused-ring (bicyclic) bond motifs is 4. The number of rotatable bonds is 6. The Bertz CT molecular complexity index is 2100. The van der Waals surface area contributed by atoms with Crippen molar-refractivity contribution in [1.29, 1.82) is 0 Å². The molecule has 2 bridgehead atoms. The first-order valence-electron chi connectivity index (χ1n) is 18.8. The molecule has 3 amide bonds. The van der Waals surface area contributed by atoms with Gasteiger partial charge < -0.3 is 34.6 Å². The summed E-state index contributed by atoms with van der Waals surface area (Å²) in [6, 6.07) is 21.1. The average molecular weight is 729 g/mol. The number of aromatic nitrogens is 5. The first kappa shape index (κ1) is 35.2. The lowest BCUT2D eigenvalue weighted by Gasteiger charge is -2.28. The Balaban J connectivity index is 0.981. The first-order chi connectivity index (χ1) is 26.5. The van der Waals surface area contributed by atoms with Crippen molar-refractivity contribution >= 4 is 17.9 Å². The fraction of sp³-hybridized carbons (Fsp3) is 0.366. The summed E-state index contributed by atoms with van der Waals surface area (Å²) >= 11 is 0. The van der Waals surface area contributed by atoms with Crippen LogP contribution in [-0.2, 0) is 20.9 Å². The second-order valence-electron chi connectivity index (χ2n) is 14.1. The largest absolute Gasteiger partial charge is 0.453 e. The number of carbonyl (C=O) groups is 3. The van der Waals surface area contributed by atoms with Gasteiger partial charge in [0.15, 0.2) is 0 Å². The lowest BCUT2D eigenvalue weighted by atomic mass is 10.0. The molecule has 8 rings (SSSR count). The third-order valence-electron chi connectivity index (χ3n) is 10.7. The van der Waals surface area contributed by atoms with Crippen molar-refractivity contribution in [3.8, 4) is 33.6 Å². The summed E-state index contributed by atoms with van der Waals surface area (Å²) in [7, 11) is 1.30. The van der Waals surface area contributed by atoms with E-state index < -0.39 is 12.1 Å². The standard InChI is InChI=1S/C41H44N8O5/c1-53-41(52)46-31-9-3-5-23-54-25-33-36(47-38(45-33)35-11-7-22-49(35)40(31)51)29-18-14-27(15-19-29)26-12-16-28(17-13-26)32-24-43-37(44-32)34-10-6-21-48(34)39(50)30-8-2-4-20-42-30/h2,4,8,12-20,24,31,34-35H,3,5-7,9-11,21-23,25H2,1H3,(H,43,44)(H,45,47)(H,46,52)/t31-,34-,35-/m0/s1. The second-order valence-corrected chi connectivity index (χ2v) is 14.1. The number of H-pyrrole nitrogens is 2. The number of alkyl carbamates (subject to hydrolysis) is 1. The van der Waals surface area contributed by atoms with E-state index in [1.165, 1.54) is 7.11 Å². The maximum Gasteiger partial charge on any atom is 0.407 e. The number of ether oxygens (including phenoxy) is 2. The van der Waals surface area contributed by atoms with Crippen molar-refractivity contribution < 1.29 is 23.9 Å². The third kappa shape index (κ3) is 7.23. The van der Waals surface area contributed by atoms with Crippen LogP contribution in [0.1, 0.15) is 84.9 Å². The summed E-state index contributed by atoms with van der Waals surface area (Å²) in [6.45, 7) is 2.19. The van der Waals surface area contributed by atoms with Crippen molar-refractivity contribution in [2.24, 2.45) is 0 Å². The van der Waals surface area contributed by atoms with Crippen molar-refractivity contribution in [3.63, 3.8) is 0 Å². The summed E-state index contributed by atoms with van der Waals surface area (Å²) in [4.78, 5) is 63.7. The predicted octanol–water partition coefficient (Wildman–Crippen LogP) is 6.59. The van der Waals surface area contributed by atoms with Gasteiger partial charge >= 0.3 is 6.09 Å². The van der Waals surface area contributed by atoms with Gasteiger partial charge in [0.1, 0.15) is 23.4 Å². The molecule has 13 heteroatoms. The zero-order valence-corrected chi connectivity index (χ0v) is 30.3. The number of nitrogens with one attached hydrogen (secondary N) is 3. The summed E-state index contributed by atoms with van der Waals surface area (Å²) < 4.78 is 10.9. The van der Waals surface area contributed by atoms with E-state index in [-0.39, 0.29) is 23.9 Å². The van der Waals surface area contributed by atoms with E-state index in [0.29, 0.717) is 38.4 Å². The van der Waals surface area contributed by atoms with Gasteiger partial charge in [0.05, 0.1) is 49.1 Å². The Morgan fingerprint density at radius 3 is 2.31 bits per heavy atom. The summed E-state index contributed by atoms with van der Waals surface area (Å²) in [5, 5.41) is 2.75. The molecule has 5 aromatic rings. The molecule has 0 radical (unpaired) electrons. The van der Waals surface area contributed by atoms with Crippen LogP contribution < -0.4 is 5.32 Å². The predicted molar refractivity (Wildman–Crippen MR) is 201 cm³/mol. The Hall–Kier alpha value is -5.82. The maximum atomic E-state index is 13.7. The minimum atomic E-state index is -0.663. The summed E-state index contributed by atoms with van der Waals surface area (Å²) in [5.74, 6) is 1.33. The van der Waals surface area contributed by atoms with Crippen LogP contribution in [-0.4, -0.2) is 85.5 Å². The molecule has 3 N–H and O–H groups in total. The quantitative estimate of drug-likeness (QED) is 0.177. The number of amides is 3. The van der Waals surface area contributed by atoms with Gasteiger partial charge in [-0.15, -0.1) is 0 Å². The number of imidazole rings is 2. The lowest BCUT2D eigenvalue weighted by molar-refractivity contribution is -0.134. The highest BCUT2D eigenvalue weighted by atomic mass is 16.5. The molecular weight excluding hydrogens is 685 g/mol. The molecule has 54 heavy (non-hydrogen) atoms. The molecule has 3 aliphatic heterocycles. The van der Waals surface area contributed by atoms with Crippen LogP contribution in [0.4, 0.5) is 4.79 Å². The number of pyridine rings is 1. The van der Waals surface area contributed by atoms with E-state index in [9.17, 15) is 14.4 Å². The molecule has 278 valence electrons. The van der Waals surface area contributed by atoms with E-state index >= 15 is 0 Å². The SMILES string of the molecule is COC(=O)N[C@H]1CCCCOCc2[nH]c(nc2-c2ccc(-c3ccc(-c4cnc([C@@H]5CCCN5C(=O)c5ccccn5)[nH]4)cc3)cc2)[C@@H]2CCCN2C1=O. The number of nitrogens with zero attached hydrogens (tertiary/aromatic N) is 5. The Morgan fingerprint density at radius 2 is 1.56 bits per heavy atom. The summed E-state index contributed by atoms with van der Waals surface area (Å²) in [5.41, 5.74) is 7.14. The van der Waals surface area contributed by atoms with Crippen molar-refractivity contribution in [3.05, 3.63) is 102 Å². The number of hydrogen-bond donors (Lipinski definition) is 3. The van der Waals surface area contributed by atoms with Gasteiger partial charge in [0, 0.05) is 31.5 Å². The highest BCUT2D eigenvalue weighted by molar-refractivity contribution is 5.92. The molecule has 0 unspecified atom stereocenters. The maximum absolute atomic E-state index is 13.7. The average Bonchev–Trinajstić information content (AvgIpc) is 4.05. The van der Waals surface area contributed by atoms with Crippen LogP contribution >= 0.6 is 0 Å². The van der Waals surface area contributed by atoms with Gasteiger partial charge in [-0.05, 0) is 73.8 Å². The Labute approximate surface area is 313 Å². The Kier molecular flexibility index (Phi) is 10.2. The first-order valence-corrected chi connectivity index (χ1v) is 18.8. The van der Waals surface area contributed by atoms with Crippen LogP contribution in [0.15, 0.2) is 79.1 Å². The molecular formula is C41H44N8O5. The molecule has 2 fully saturated rings. The van der Waals surface area contributed by atoms with Gasteiger partial charge in [0.2, 0.25) is 5.91 Å². The highest BCUT2D eigenvalue weighted by Gasteiger charge is 2.37. The molecule has 13 nitrogen and oxygen atoms in total. The normalized spacial score (nSPS) is 20.5.